The first kappa shape index (κ1) is 13.3. The monoisotopic (exact) mass is 262 g/mol. The molecule has 0 radical (unpaired) electrons. The van der Waals surface area contributed by atoms with E-state index in [-0.39, 0.29) is 12.5 Å². The second kappa shape index (κ2) is 5.22. The number of hydrogen-bond acceptors (Lipinski definition) is 3. The van der Waals surface area contributed by atoms with Gasteiger partial charge in [-0.3, -0.25) is 0 Å². The highest BCUT2D eigenvalue weighted by atomic mass is 32.2. The molecule has 0 amide bonds. The summed E-state index contributed by atoms with van der Waals surface area (Å²) in [5.74, 6) is 0.749. The average molecular weight is 262 g/mol. The Hall–Kier alpha value is -0.170. The van der Waals surface area contributed by atoms with Crippen LogP contribution in [0.15, 0.2) is 0 Å². The third-order valence-electron chi connectivity index (χ3n) is 3.87. The first-order valence-corrected chi connectivity index (χ1v) is 7.80. The number of aliphatic hydroxyl groups excluding tert-OH is 1. The van der Waals surface area contributed by atoms with E-state index >= 15 is 0 Å². The Bertz CT molecular complexity index is 350. The summed E-state index contributed by atoms with van der Waals surface area (Å²) >= 11 is 0. The number of aliphatic hydroxyl groups is 1. The molecule has 0 spiro atoms. The first-order valence-electron chi connectivity index (χ1n) is 6.40. The summed E-state index contributed by atoms with van der Waals surface area (Å²) in [6.07, 6.45) is 2.52. The number of rotatable bonds is 3. The van der Waals surface area contributed by atoms with Crippen molar-refractivity contribution in [2.45, 2.75) is 26.2 Å². The fourth-order valence-corrected chi connectivity index (χ4v) is 4.37. The average Bonchev–Trinajstić information content (AvgIpc) is 2.77. The van der Waals surface area contributed by atoms with Crippen molar-refractivity contribution in [2.75, 3.05) is 32.8 Å². The minimum Gasteiger partial charge on any atom is -0.396 e. The van der Waals surface area contributed by atoms with Crippen LogP contribution in [-0.4, -0.2) is 54.9 Å². The summed E-state index contributed by atoms with van der Waals surface area (Å²) < 4.78 is 27.8. The molecule has 0 aliphatic carbocycles. The van der Waals surface area contributed by atoms with Crippen LogP contribution in [0.25, 0.3) is 0 Å². The van der Waals surface area contributed by atoms with Gasteiger partial charge in [-0.05, 0) is 31.1 Å². The number of piperidine rings is 1. The van der Waals surface area contributed by atoms with Gasteiger partial charge in [-0.15, -0.1) is 0 Å². The van der Waals surface area contributed by atoms with Gasteiger partial charge in [0.05, 0.1) is 0 Å². The van der Waals surface area contributed by atoms with Crippen molar-refractivity contribution in [3.63, 3.8) is 0 Å². The van der Waals surface area contributed by atoms with Gasteiger partial charge in [0.1, 0.15) is 0 Å². The van der Waals surface area contributed by atoms with E-state index in [4.69, 9.17) is 5.11 Å². The van der Waals surface area contributed by atoms with Crippen LogP contribution in [0.2, 0.25) is 0 Å². The zero-order chi connectivity index (χ0) is 12.5. The maximum absolute atomic E-state index is 12.3. The molecule has 0 bridgehead atoms. The van der Waals surface area contributed by atoms with E-state index in [9.17, 15) is 8.42 Å². The smallest absolute Gasteiger partial charge is 0.281 e. The molecule has 1 atom stereocenters. The summed E-state index contributed by atoms with van der Waals surface area (Å²) in [5, 5.41) is 9.05. The summed E-state index contributed by atoms with van der Waals surface area (Å²) in [5.41, 5.74) is 0. The summed E-state index contributed by atoms with van der Waals surface area (Å²) in [6.45, 7) is 4.69. The molecule has 1 unspecified atom stereocenters. The molecule has 0 aromatic heterocycles. The number of nitrogens with zero attached hydrogens (tertiary/aromatic N) is 2. The topological polar surface area (TPSA) is 60.9 Å². The van der Waals surface area contributed by atoms with Crippen molar-refractivity contribution in [3.8, 4) is 0 Å². The van der Waals surface area contributed by atoms with Gasteiger partial charge in [-0.25, -0.2) is 0 Å². The minimum absolute atomic E-state index is 0.175. The maximum atomic E-state index is 12.3. The highest BCUT2D eigenvalue weighted by Crippen LogP contribution is 2.25. The van der Waals surface area contributed by atoms with Crippen LogP contribution >= 0.6 is 0 Å². The lowest BCUT2D eigenvalue weighted by Crippen LogP contribution is -2.46. The molecule has 6 heteroatoms. The second-order valence-electron chi connectivity index (χ2n) is 5.28. The van der Waals surface area contributed by atoms with Crippen LogP contribution in [0, 0.1) is 11.8 Å². The van der Waals surface area contributed by atoms with Crippen LogP contribution in [0.1, 0.15) is 26.2 Å². The third-order valence-corrected chi connectivity index (χ3v) is 5.87. The minimum atomic E-state index is -3.24. The van der Waals surface area contributed by atoms with Crippen molar-refractivity contribution in [1.29, 1.82) is 0 Å². The van der Waals surface area contributed by atoms with Gasteiger partial charge < -0.3 is 5.11 Å². The van der Waals surface area contributed by atoms with Gasteiger partial charge in [0.25, 0.3) is 10.2 Å². The normalized spacial score (nSPS) is 29.9. The molecular formula is C11H22N2O3S. The zero-order valence-electron chi connectivity index (χ0n) is 10.4. The molecule has 2 fully saturated rings. The van der Waals surface area contributed by atoms with Crippen molar-refractivity contribution in [2.24, 2.45) is 11.8 Å². The first-order chi connectivity index (χ1) is 8.04. The molecule has 5 nitrogen and oxygen atoms in total. The number of hydrogen-bond donors (Lipinski definition) is 1. The highest BCUT2D eigenvalue weighted by molar-refractivity contribution is 7.86. The molecule has 2 heterocycles. The molecule has 2 rings (SSSR count). The molecule has 1 N–H and O–H groups in total. The van der Waals surface area contributed by atoms with E-state index in [1.807, 2.05) is 0 Å². The van der Waals surface area contributed by atoms with Crippen molar-refractivity contribution >= 4 is 10.2 Å². The SMILES string of the molecule is CC1CCN(S(=O)(=O)N2CCC(CO)CC2)C1. The Morgan fingerprint density at radius 1 is 1.12 bits per heavy atom. The van der Waals surface area contributed by atoms with Crippen molar-refractivity contribution in [1.82, 2.24) is 8.61 Å². The lowest BCUT2D eigenvalue weighted by molar-refractivity contribution is 0.167. The second-order valence-corrected chi connectivity index (χ2v) is 7.21. The van der Waals surface area contributed by atoms with Crippen molar-refractivity contribution < 1.29 is 13.5 Å². The molecule has 2 aliphatic heterocycles. The van der Waals surface area contributed by atoms with Gasteiger partial charge in [0, 0.05) is 32.8 Å². The van der Waals surface area contributed by atoms with Crippen LogP contribution in [0.3, 0.4) is 0 Å². The van der Waals surface area contributed by atoms with Gasteiger partial charge in [-0.2, -0.15) is 17.0 Å². The van der Waals surface area contributed by atoms with E-state index in [1.165, 1.54) is 0 Å². The largest absolute Gasteiger partial charge is 0.396 e. The molecule has 2 saturated heterocycles. The lowest BCUT2D eigenvalue weighted by Gasteiger charge is -2.33. The van der Waals surface area contributed by atoms with Crippen LogP contribution in [-0.2, 0) is 10.2 Å². The van der Waals surface area contributed by atoms with Gasteiger partial charge in [0.15, 0.2) is 0 Å². The molecule has 100 valence electrons. The molecule has 0 aromatic carbocycles. The third kappa shape index (κ3) is 2.81. The van der Waals surface area contributed by atoms with E-state index in [1.54, 1.807) is 8.61 Å². The molecule has 2 aliphatic rings. The van der Waals surface area contributed by atoms with Gasteiger partial charge >= 0.3 is 0 Å². The molecule has 17 heavy (non-hydrogen) atoms. The van der Waals surface area contributed by atoms with E-state index in [0.717, 1.165) is 19.3 Å². The standard InChI is InChI=1S/C11H22N2O3S/c1-10-2-5-13(8-10)17(15,16)12-6-3-11(9-14)4-7-12/h10-11,14H,2-9H2,1H3. The molecular weight excluding hydrogens is 240 g/mol. The fraction of sp³-hybridized carbons (Fsp3) is 1.00. The van der Waals surface area contributed by atoms with Gasteiger partial charge in [-0.1, -0.05) is 6.92 Å². The summed E-state index contributed by atoms with van der Waals surface area (Å²) in [6, 6.07) is 0. The fourth-order valence-electron chi connectivity index (χ4n) is 2.59. The Balaban J connectivity index is 1.97. The van der Waals surface area contributed by atoms with Crippen LogP contribution < -0.4 is 0 Å². The predicted molar refractivity (Wildman–Crippen MR) is 65.7 cm³/mol. The lowest BCUT2D eigenvalue weighted by atomic mass is 10.00. The maximum Gasteiger partial charge on any atom is 0.281 e. The van der Waals surface area contributed by atoms with E-state index < -0.39 is 10.2 Å². The Kier molecular flexibility index (Phi) is 4.07. The predicted octanol–water partition coefficient (Wildman–Crippen LogP) is 0.277. The van der Waals surface area contributed by atoms with Crippen LogP contribution in [0.4, 0.5) is 0 Å². The quantitative estimate of drug-likeness (QED) is 0.794. The summed E-state index contributed by atoms with van der Waals surface area (Å²) in [4.78, 5) is 0. The van der Waals surface area contributed by atoms with Gasteiger partial charge in [0.2, 0.25) is 0 Å². The van der Waals surface area contributed by atoms with Crippen molar-refractivity contribution in [3.05, 3.63) is 0 Å². The highest BCUT2D eigenvalue weighted by Gasteiger charge is 2.35. The Morgan fingerprint density at radius 3 is 2.18 bits per heavy atom. The Morgan fingerprint density at radius 2 is 1.71 bits per heavy atom. The van der Waals surface area contributed by atoms with Crippen LogP contribution in [0.5, 0.6) is 0 Å². The zero-order valence-corrected chi connectivity index (χ0v) is 11.2. The molecule has 0 aromatic rings. The summed E-state index contributed by atoms with van der Waals surface area (Å²) in [7, 11) is -3.24. The molecule has 0 saturated carbocycles. The van der Waals surface area contributed by atoms with E-state index in [2.05, 4.69) is 6.92 Å². The Labute approximate surface area is 104 Å². The van der Waals surface area contributed by atoms with E-state index in [0.29, 0.717) is 32.1 Å².